The highest BCUT2D eigenvalue weighted by molar-refractivity contribution is 9.10. The number of hydrogen-bond acceptors (Lipinski definition) is 3. The molecule has 2 rings (SSSR count). The van der Waals surface area contributed by atoms with Crippen LogP contribution in [0.15, 0.2) is 28.7 Å². The molecule has 1 aliphatic rings. The van der Waals surface area contributed by atoms with Crippen LogP contribution in [0.2, 0.25) is 0 Å². The van der Waals surface area contributed by atoms with E-state index in [9.17, 15) is 14.0 Å². The molecule has 0 radical (unpaired) electrons. The summed E-state index contributed by atoms with van der Waals surface area (Å²) >= 11 is 4.81. The Kier molecular flexibility index (Phi) is 6.86. The first-order chi connectivity index (χ1) is 11.4. The van der Waals surface area contributed by atoms with Gasteiger partial charge in [0.25, 0.3) is 0 Å². The van der Waals surface area contributed by atoms with Crippen molar-refractivity contribution in [3.63, 3.8) is 0 Å². The molecule has 0 bridgehead atoms. The normalized spacial score (nSPS) is 18.8. The first-order valence-electron chi connectivity index (χ1n) is 7.74. The Balaban J connectivity index is 2.06. The van der Waals surface area contributed by atoms with E-state index in [1.54, 1.807) is 12.1 Å². The zero-order valence-corrected chi connectivity index (χ0v) is 16.0. The summed E-state index contributed by atoms with van der Waals surface area (Å²) in [4.78, 5) is 26.2. The predicted octanol–water partition coefficient (Wildman–Crippen LogP) is 3.42. The van der Waals surface area contributed by atoms with Crippen molar-refractivity contribution in [2.45, 2.75) is 32.4 Å². The standard InChI is InChI=1S/C17H20BrFN2O2S/c1-3-11(2)20-17(23)15-9-24-10-21(15)16(22)7-4-12-8-13(18)5-6-14(12)19/h4-8,11,15H,3,9-10H2,1-2H3,(H,20,23). The molecular weight excluding hydrogens is 395 g/mol. The van der Waals surface area contributed by atoms with Gasteiger partial charge in [-0.3, -0.25) is 9.59 Å². The van der Waals surface area contributed by atoms with Crippen molar-refractivity contribution in [1.29, 1.82) is 0 Å². The summed E-state index contributed by atoms with van der Waals surface area (Å²) in [6, 6.07) is 4.13. The second-order valence-corrected chi connectivity index (χ2v) is 7.56. The summed E-state index contributed by atoms with van der Waals surface area (Å²) < 4.78 is 14.5. The minimum absolute atomic E-state index is 0.0753. The number of amides is 2. The van der Waals surface area contributed by atoms with E-state index < -0.39 is 11.9 Å². The Labute approximate surface area is 154 Å². The van der Waals surface area contributed by atoms with Gasteiger partial charge >= 0.3 is 0 Å². The Bertz CT molecular complexity index is 653. The third-order valence-electron chi connectivity index (χ3n) is 3.83. The van der Waals surface area contributed by atoms with Gasteiger partial charge in [0, 0.05) is 27.9 Å². The first kappa shape index (κ1) is 19.0. The van der Waals surface area contributed by atoms with E-state index in [-0.39, 0.29) is 17.9 Å². The second kappa shape index (κ2) is 8.67. The zero-order valence-electron chi connectivity index (χ0n) is 13.6. The lowest BCUT2D eigenvalue weighted by molar-refractivity contribution is -0.135. The summed E-state index contributed by atoms with van der Waals surface area (Å²) in [7, 11) is 0. The fourth-order valence-corrected chi connectivity index (χ4v) is 3.76. The SMILES string of the molecule is CCC(C)NC(=O)C1CSCN1C(=O)C=Cc1cc(Br)ccc1F. The molecule has 1 aromatic carbocycles. The maximum absolute atomic E-state index is 13.7. The maximum Gasteiger partial charge on any atom is 0.247 e. The summed E-state index contributed by atoms with van der Waals surface area (Å²) in [6.45, 7) is 3.93. The number of carbonyl (C=O) groups is 2. The fourth-order valence-electron chi connectivity index (χ4n) is 2.22. The number of nitrogens with zero attached hydrogens (tertiary/aromatic N) is 1. The largest absolute Gasteiger partial charge is 0.352 e. The van der Waals surface area contributed by atoms with Crippen molar-refractivity contribution in [3.8, 4) is 0 Å². The Morgan fingerprint density at radius 2 is 2.29 bits per heavy atom. The monoisotopic (exact) mass is 414 g/mol. The van der Waals surface area contributed by atoms with Crippen LogP contribution in [-0.2, 0) is 9.59 Å². The van der Waals surface area contributed by atoms with Gasteiger partial charge in [-0.25, -0.2) is 4.39 Å². The minimum atomic E-state index is -0.478. The third kappa shape index (κ3) is 4.83. The minimum Gasteiger partial charge on any atom is -0.352 e. The van der Waals surface area contributed by atoms with Crippen LogP contribution in [0.4, 0.5) is 4.39 Å². The highest BCUT2D eigenvalue weighted by Gasteiger charge is 2.33. The van der Waals surface area contributed by atoms with Gasteiger partial charge in [-0.05, 0) is 37.6 Å². The lowest BCUT2D eigenvalue weighted by Crippen LogP contribution is -2.48. The van der Waals surface area contributed by atoms with Gasteiger partial charge in [-0.1, -0.05) is 22.9 Å². The van der Waals surface area contributed by atoms with Crippen molar-refractivity contribution in [2.75, 3.05) is 11.6 Å². The van der Waals surface area contributed by atoms with Gasteiger partial charge in [-0.2, -0.15) is 0 Å². The molecule has 0 saturated carbocycles. The lowest BCUT2D eigenvalue weighted by Gasteiger charge is -2.23. The van der Waals surface area contributed by atoms with E-state index in [1.807, 2.05) is 13.8 Å². The molecule has 7 heteroatoms. The van der Waals surface area contributed by atoms with E-state index in [1.165, 1.54) is 34.9 Å². The Hall–Kier alpha value is -1.34. The van der Waals surface area contributed by atoms with Crippen LogP contribution >= 0.6 is 27.7 Å². The molecule has 2 atom stereocenters. The van der Waals surface area contributed by atoms with Crippen LogP contribution < -0.4 is 5.32 Å². The molecule has 1 fully saturated rings. The summed E-state index contributed by atoms with van der Waals surface area (Å²) in [5.41, 5.74) is 0.324. The van der Waals surface area contributed by atoms with Crippen LogP contribution in [0.3, 0.4) is 0 Å². The highest BCUT2D eigenvalue weighted by atomic mass is 79.9. The van der Waals surface area contributed by atoms with Gasteiger partial charge in [-0.15, -0.1) is 11.8 Å². The molecule has 24 heavy (non-hydrogen) atoms. The molecule has 2 amide bonds. The van der Waals surface area contributed by atoms with Gasteiger partial charge < -0.3 is 10.2 Å². The molecule has 1 aromatic rings. The number of halogens is 2. The van der Waals surface area contributed by atoms with E-state index >= 15 is 0 Å². The predicted molar refractivity (Wildman–Crippen MR) is 99.0 cm³/mol. The quantitative estimate of drug-likeness (QED) is 0.750. The number of benzene rings is 1. The van der Waals surface area contributed by atoms with Crippen LogP contribution in [0, 0.1) is 5.82 Å². The van der Waals surface area contributed by atoms with Gasteiger partial charge in [0.05, 0.1) is 5.88 Å². The van der Waals surface area contributed by atoms with E-state index in [4.69, 9.17) is 0 Å². The molecule has 1 heterocycles. The van der Waals surface area contributed by atoms with E-state index in [2.05, 4.69) is 21.2 Å². The van der Waals surface area contributed by atoms with Crippen molar-refractivity contribution >= 4 is 45.6 Å². The molecule has 1 saturated heterocycles. The van der Waals surface area contributed by atoms with E-state index in [0.29, 0.717) is 17.2 Å². The van der Waals surface area contributed by atoms with Gasteiger partial charge in [0.2, 0.25) is 11.8 Å². The van der Waals surface area contributed by atoms with Gasteiger partial charge in [0.15, 0.2) is 0 Å². The number of hydrogen-bond donors (Lipinski definition) is 1. The fraction of sp³-hybridized carbons (Fsp3) is 0.412. The van der Waals surface area contributed by atoms with Crippen molar-refractivity contribution in [1.82, 2.24) is 10.2 Å². The second-order valence-electron chi connectivity index (χ2n) is 5.64. The molecule has 2 unspecified atom stereocenters. The molecule has 1 aliphatic heterocycles. The molecule has 0 aromatic heterocycles. The summed E-state index contributed by atoms with van der Waals surface area (Å²) in [5, 5.41) is 2.91. The van der Waals surface area contributed by atoms with Crippen LogP contribution in [0.25, 0.3) is 6.08 Å². The molecule has 1 N–H and O–H groups in total. The average molecular weight is 415 g/mol. The first-order valence-corrected chi connectivity index (χ1v) is 9.69. The number of rotatable bonds is 5. The molecule has 0 aliphatic carbocycles. The average Bonchev–Trinajstić information content (AvgIpc) is 3.05. The van der Waals surface area contributed by atoms with Crippen LogP contribution in [0.5, 0.6) is 0 Å². The summed E-state index contributed by atoms with van der Waals surface area (Å²) in [5.74, 6) is 0.216. The topological polar surface area (TPSA) is 49.4 Å². The molecule has 0 spiro atoms. The zero-order chi connectivity index (χ0) is 17.7. The highest BCUT2D eigenvalue weighted by Crippen LogP contribution is 2.22. The van der Waals surface area contributed by atoms with E-state index in [0.717, 1.165) is 10.9 Å². The maximum atomic E-state index is 13.7. The van der Waals surface area contributed by atoms with Crippen molar-refractivity contribution in [3.05, 3.63) is 40.1 Å². The van der Waals surface area contributed by atoms with Crippen molar-refractivity contribution < 1.29 is 14.0 Å². The smallest absolute Gasteiger partial charge is 0.247 e. The molecular formula is C17H20BrFN2O2S. The Morgan fingerprint density at radius 3 is 3.00 bits per heavy atom. The molecule has 4 nitrogen and oxygen atoms in total. The van der Waals surface area contributed by atoms with Crippen LogP contribution in [-0.4, -0.2) is 40.4 Å². The number of thioether (sulfide) groups is 1. The third-order valence-corrected chi connectivity index (χ3v) is 5.34. The number of nitrogens with one attached hydrogen (secondary N) is 1. The lowest BCUT2D eigenvalue weighted by atomic mass is 10.2. The van der Waals surface area contributed by atoms with Crippen LogP contribution in [0.1, 0.15) is 25.8 Å². The Morgan fingerprint density at radius 1 is 1.54 bits per heavy atom. The summed E-state index contributed by atoms with van der Waals surface area (Å²) in [6.07, 6.45) is 3.59. The molecule has 130 valence electrons. The van der Waals surface area contributed by atoms with Gasteiger partial charge in [0.1, 0.15) is 11.9 Å². The van der Waals surface area contributed by atoms with Crippen molar-refractivity contribution in [2.24, 2.45) is 0 Å². The number of carbonyl (C=O) groups excluding carboxylic acids is 2.